The van der Waals surface area contributed by atoms with Gasteiger partial charge in [0.05, 0.1) is 11.8 Å². The molecule has 0 radical (unpaired) electrons. The highest BCUT2D eigenvalue weighted by atomic mass is 16.3. The van der Waals surface area contributed by atoms with Crippen LogP contribution in [0.4, 0.5) is 5.95 Å². The van der Waals surface area contributed by atoms with Crippen molar-refractivity contribution in [2.75, 3.05) is 31.1 Å². The number of hydrogen-bond acceptors (Lipinski definition) is 6. The summed E-state index contributed by atoms with van der Waals surface area (Å²) >= 11 is 0. The second-order valence-corrected chi connectivity index (χ2v) is 6.16. The molecule has 3 heterocycles. The van der Waals surface area contributed by atoms with Gasteiger partial charge in [-0.05, 0) is 26.0 Å². The molecule has 0 unspecified atom stereocenters. The van der Waals surface area contributed by atoms with E-state index in [-0.39, 0.29) is 17.9 Å². The largest absolute Gasteiger partial charge is 0.459 e. The van der Waals surface area contributed by atoms with Gasteiger partial charge in [-0.3, -0.25) is 9.59 Å². The van der Waals surface area contributed by atoms with Gasteiger partial charge in [-0.2, -0.15) is 0 Å². The van der Waals surface area contributed by atoms with Crippen molar-refractivity contribution < 1.29 is 14.0 Å². The topological polar surface area (TPSA) is 91.6 Å². The molecule has 8 nitrogen and oxygen atoms in total. The van der Waals surface area contributed by atoms with E-state index in [1.165, 1.54) is 18.7 Å². The van der Waals surface area contributed by atoms with Crippen molar-refractivity contribution in [1.29, 1.82) is 0 Å². The molecule has 2 aromatic heterocycles. The zero-order valence-corrected chi connectivity index (χ0v) is 14.3. The first kappa shape index (κ1) is 16.9. The number of carbonyl (C=O) groups is 2. The Hall–Kier alpha value is -2.90. The van der Waals surface area contributed by atoms with Crippen LogP contribution in [0.5, 0.6) is 0 Å². The molecule has 0 aromatic carbocycles. The lowest BCUT2D eigenvalue weighted by Crippen LogP contribution is -2.49. The molecule has 2 amide bonds. The fourth-order valence-electron chi connectivity index (χ4n) is 2.61. The van der Waals surface area contributed by atoms with Gasteiger partial charge in [0.25, 0.3) is 11.8 Å². The van der Waals surface area contributed by atoms with Crippen LogP contribution in [0, 0.1) is 0 Å². The molecule has 0 aliphatic carbocycles. The fourth-order valence-corrected chi connectivity index (χ4v) is 2.61. The molecule has 3 rings (SSSR count). The van der Waals surface area contributed by atoms with Crippen molar-refractivity contribution >= 4 is 17.8 Å². The molecule has 1 aliphatic heterocycles. The van der Waals surface area contributed by atoms with Crippen LogP contribution in [-0.4, -0.2) is 58.9 Å². The number of amides is 2. The number of hydrogen-bond donors (Lipinski definition) is 1. The van der Waals surface area contributed by atoms with Gasteiger partial charge < -0.3 is 19.5 Å². The van der Waals surface area contributed by atoms with Crippen molar-refractivity contribution in [1.82, 2.24) is 20.2 Å². The molecule has 1 N–H and O–H groups in total. The minimum absolute atomic E-state index is 0.0620. The number of nitrogens with zero attached hydrogens (tertiary/aromatic N) is 4. The van der Waals surface area contributed by atoms with Gasteiger partial charge >= 0.3 is 0 Å². The molecule has 1 aliphatic rings. The number of rotatable bonds is 4. The van der Waals surface area contributed by atoms with Gasteiger partial charge in [0.2, 0.25) is 5.95 Å². The molecule has 1 saturated heterocycles. The summed E-state index contributed by atoms with van der Waals surface area (Å²) in [5.41, 5.74) is 0.434. The Morgan fingerprint density at radius 3 is 2.40 bits per heavy atom. The molecule has 1 fully saturated rings. The Bertz CT molecular complexity index is 719. The van der Waals surface area contributed by atoms with E-state index in [4.69, 9.17) is 4.42 Å². The lowest BCUT2D eigenvalue weighted by atomic mass is 10.3. The van der Waals surface area contributed by atoms with Crippen molar-refractivity contribution in [2.45, 2.75) is 19.9 Å². The minimum atomic E-state index is -0.185. The van der Waals surface area contributed by atoms with Crippen LogP contribution in [0.3, 0.4) is 0 Å². The predicted octanol–water partition coefficient (Wildman–Crippen LogP) is 1.17. The van der Waals surface area contributed by atoms with E-state index in [1.54, 1.807) is 17.0 Å². The molecule has 0 saturated carbocycles. The van der Waals surface area contributed by atoms with Gasteiger partial charge in [0, 0.05) is 44.6 Å². The fraction of sp³-hybridized carbons (Fsp3) is 0.412. The van der Waals surface area contributed by atoms with Gasteiger partial charge in [0.1, 0.15) is 0 Å². The molecule has 132 valence electrons. The van der Waals surface area contributed by atoms with Gasteiger partial charge in [0.15, 0.2) is 5.76 Å². The van der Waals surface area contributed by atoms with E-state index in [0.717, 1.165) is 0 Å². The summed E-state index contributed by atoms with van der Waals surface area (Å²) in [7, 11) is 0. The number of carbonyl (C=O) groups excluding carboxylic acids is 2. The maximum Gasteiger partial charge on any atom is 0.289 e. The summed E-state index contributed by atoms with van der Waals surface area (Å²) in [5, 5.41) is 2.80. The lowest BCUT2D eigenvalue weighted by Gasteiger charge is -2.34. The molecule has 25 heavy (non-hydrogen) atoms. The summed E-state index contributed by atoms with van der Waals surface area (Å²) in [6, 6.07) is 3.43. The van der Waals surface area contributed by atoms with Crippen LogP contribution in [-0.2, 0) is 0 Å². The maximum absolute atomic E-state index is 12.2. The monoisotopic (exact) mass is 343 g/mol. The number of furan rings is 1. The third kappa shape index (κ3) is 3.96. The molecule has 8 heteroatoms. The van der Waals surface area contributed by atoms with E-state index in [1.807, 2.05) is 18.7 Å². The van der Waals surface area contributed by atoms with Gasteiger partial charge in [-0.25, -0.2) is 9.97 Å². The molecular weight excluding hydrogens is 322 g/mol. The highest BCUT2D eigenvalue weighted by molar-refractivity contribution is 5.93. The first-order valence-corrected chi connectivity index (χ1v) is 8.25. The van der Waals surface area contributed by atoms with Crippen LogP contribution in [0.2, 0.25) is 0 Å². The lowest BCUT2D eigenvalue weighted by molar-refractivity contribution is 0.0714. The molecule has 0 atom stereocenters. The second-order valence-electron chi connectivity index (χ2n) is 6.16. The quantitative estimate of drug-likeness (QED) is 0.896. The highest BCUT2D eigenvalue weighted by Gasteiger charge is 2.24. The second kappa shape index (κ2) is 7.33. The summed E-state index contributed by atoms with van der Waals surface area (Å²) in [6.07, 6.45) is 4.55. The van der Waals surface area contributed by atoms with E-state index in [9.17, 15) is 9.59 Å². The summed E-state index contributed by atoms with van der Waals surface area (Å²) in [5.74, 6) is 0.623. The number of aromatic nitrogens is 2. The van der Waals surface area contributed by atoms with Crippen LogP contribution in [0.25, 0.3) is 0 Å². The standard InChI is InChI=1S/C17H21N5O3/c1-12(2)20-15(23)13-10-18-17(19-11-13)22-7-5-21(6-8-22)16(24)14-4-3-9-25-14/h3-4,9-12H,5-8H2,1-2H3,(H,20,23). The van der Waals surface area contributed by atoms with Crippen molar-refractivity contribution in [3.63, 3.8) is 0 Å². The molecule has 2 aromatic rings. The normalized spacial score (nSPS) is 14.7. The molecule has 0 bridgehead atoms. The number of nitrogens with one attached hydrogen (secondary N) is 1. The Morgan fingerprint density at radius 1 is 1.16 bits per heavy atom. The van der Waals surface area contributed by atoms with Crippen molar-refractivity contribution in [2.24, 2.45) is 0 Å². The first-order valence-electron chi connectivity index (χ1n) is 8.25. The third-order valence-corrected chi connectivity index (χ3v) is 3.90. The average molecular weight is 343 g/mol. The van der Waals surface area contributed by atoms with Crippen LogP contribution < -0.4 is 10.2 Å². The molecule has 0 spiro atoms. The average Bonchev–Trinajstić information content (AvgIpc) is 3.15. The maximum atomic E-state index is 12.2. The van der Waals surface area contributed by atoms with Gasteiger partial charge in [-0.15, -0.1) is 0 Å². The van der Waals surface area contributed by atoms with E-state index >= 15 is 0 Å². The summed E-state index contributed by atoms with van der Waals surface area (Å²) in [6.45, 7) is 6.19. The first-order chi connectivity index (χ1) is 12.0. The van der Waals surface area contributed by atoms with Crippen molar-refractivity contribution in [3.05, 3.63) is 42.1 Å². The van der Waals surface area contributed by atoms with E-state index in [0.29, 0.717) is 43.5 Å². The van der Waals surface area contributed by atoms with E-state index in [2.05, 4.69) is 15.3 Å². The minimum Gasteiger partial charge on any atom is -0.459 e. The van der Waals surface area contributed by atoms with Crippen molar-refractivity contribution in [3.8, 4) is 0 Å². The number of piperazine rings is 1. The number of anilines is 1. The van der Waals surface area contributed by atoms with Crippen LogP contribution in [0.1, 0.15) is 34.8 Å². The zero-order valence-electron chi connectivity index (χ0n) is 14.3. The predicted molar refractivity (Wildman–Crippen MR) is 91.5 cm³/mol. The Labute approximate surface area is 145 Å². The summed E-state index contributed by atoms with van der Waals surface area (Å²) < 4.78 is 5.16. The Balaban J connectivity index is 1.58. The zero-order chi connectivity index (χ0) is 17.8. The SMILES string of the molecule is CC(C)NC(=O)c1cnc(N2CCN(C(=O)c3ccco3)CC2)nc1. The van der Waals surface area contributed by atoms with Crippen LogP contribution in [0.15, 0.2) is 35.2 Å². The smallest absolute Gasteiger partial charge is 0.289 e. The van der Waals surface area contributed by atoms with Crippen LogP contribution >= 0.6 is 0 Å². The third-order valence-electron chi connectivity index (χ3n) is 3.90. The molecular formula is C17H21N5O3. The Kier molecular flexibility index (Phi) is 4.97. The highest BCUT2D eigenvalue weighted by Crippen LogP contribution is 2.13. The van der Waals surface area contributed by atoms with Gasteiger partial charge in [-0.1, -0.05) is 0 Å². The van der Waals surface area contributed by atoms with E-state index < -0.39 is 0 Å². The Morgan fingerprint density at radius 2 is 1.84 bits per heavy atom. The summed E-state index contributed by atoms with van der Waals surface area (Å²) in [4.78, 5) is 36.5.